The van der Waals surface area contributed by atoms with Crippen molar-refractivity contribution in [1.29, 1.82) is 5.41 Å². The van der Waals surface area contributed by atoms with Crippen molar-refractivity contribution in [2.45, 2.75) is 20.8 Å². The van der Waals surface area contributed by atoms with Gasteiger partial charge in [-0.2, -0.15) is 0 Å². The highest BCUT2D eigenvalue weighted by atomic mass is 79.9. The summed E-state index contributed by atoms with van der Waals surface area (Å²) < 4.78 is 18.1. The van der Waals surface area contributed by atoms with Gasteiger partial charge in [0.25, 0.3) is 0 Å². The van der Waals surface area contributed by atoms with Gasteiger partial charge in [0, 0.05) is 11.1 Å². The minimum atomic E-state index is -0.631. The predicted octanol–water partition coefficient (Wildman–Crippen LogP) is 3.39. The van der Waals surface area contributed by atoms with Gasteiger partial charge in [-0.15, -0.1) is 0 Å². The molecule has 1 aromatic heterocycles. The quantitative estimate of drug-likeness (QED) is 0.556. The van der Waals surface area contributed by atoms with E-state index in [1.165, 1.54) is 18.2 Å². The Morgan fingerprint density at radius 3 is 2.61 bits per heavy atom. The van der Waals surface area contributed by atoms with E-state index in [9.17, 15) is 9.18 Å². The summed E-state index contributed by atoms with van der Waals surface area (Å²) in [4.78, 5) is 12.0. The summed E-state index contributed by atoms with van der Waals surface area (Å²) in [7, 11) is 0. The van der Waals surface area contributed by atoms with Gasteiger partial charge in [-0.25, -0.2) is 9.02 Å². The summed E-state index contributed by atoms with van der Waals surface area (Å²) in [5.41, 5.74) is -0.115. The maximum atomic E-state index is 13.2. The van der Waals surface area contributed by atoms with E-state index in [1.807, 2.05) is 0 Å². The average Bonchev–Trinajstić information content (AvgIpc) is 2.90. The molecule has 9 heteroatoms. The molecular formula is C14H15BrFN5O2. The van der Waals surface area contributed by atoms with Crippen LogP contribution >= 0.6 is 15.9 Å². The fourth-order valence-corrected chi connectivity index (χ4v) is 1.89. The standard InChI is InChI=1S/C14H15BrFN5O2/c1-14(2,3)13(22)19-12-10(20-23-21-12)11(17)18-7-4-5-9(16)8(15)6-7/h4-6H,1-3H3,(H2,17,18)(H,19,21,22). The zero-order valence-corrected chi connectivity index (χ0v) is 14.3. The van der Waals surface area contributed by atoms with Crippen LogP contribution in [-0.4, -0.2) is 22.1 Å². The Balaban J connectivity index is 2.16. The number of benzene rings is 1. The molecule has 0 aliphatic rings. The maximum Gasteiger partial charge on any atom is 0.231 e. The highest BCUT2D eigenvalue weighted by molar-refractivity contribution is 9.10. The number of amidine groups is 1. The first-order valence-electron chi connectivity index (χ1n) is 6.63. The van der Waals surface area contributed by atoms with Gasteiger partial charge >= 0.3 is 0 Å². The van der Waals surface area contributed by atoms with Crippen LogP contribution in [0.3, 0.4) is 0 Å². The van der Waals surface area contributed by atoms with Gasteiger partial charge < -0.3 is 10.6 Å². The lowest BCUT2D eigenvalue weighted by molar-refractivity contribution is -0.123. The van der Waals surface area contributed by atoms with Crippen molar-refractivity contribution in [3.63, 3.8) is 0 Å². The molecule has 23 heavy (non-hydrogen) atoms. The normalized spacial score (nSPS) is 11.2. The third-order valence-electron chi connectivity index (χ3n) is 2.83. The number of nitrogens with zero attached hydrogens (tertiary/aromatic N) is 2. The SMILES string of the molecule is CC(C)(C)C(=O)Nc1nonc1C(=N)Nc1ccc(F)c(Br)c1. The van der Waals surface area contributed by atoms with Crippen LogP contribution in [0.4, 0.5) is 15.9 Å². The number of anilines is 2. The second-order valence-corrected chi connectivity index (χ2v) is 6.65. The van der Waals surface area contributed by atoms with Gasteiger partial charge in [0.2, 0.25) is 11.7 Å². The molecule has 0 saturated carbocycles. The summed E-state index contributed by atoms with van der Waals surface area (Å²) in [6, 6.07) is 4.20. The minimum Gasteiger partial charge on any atom is -0.339 e. The Kier molecular flexibility index (Phi) is 4.79. The van der Waals surface area contributed by atoms with E-state index < -0.39 is 11.2 Å². The lowest BCUT2D eigenvalue weighted by Gasteiger charge is -2.16. The van der Waals surface area contributed by atoms with E-state index in [0.717, 1.165) is 0 Å². The first-order valence-corrected chi connectivity index (χ1v) is 7.43. The van der Waals surface area contributed by atoms with Crippen LogP contribution in [0, 0.1) is 16.6 Å². The van der Waals surface area contributed by atoms with Crippen LogP contribution < -0.4 is 10.6 Å². The number of nitrogens with one attached hydrogen (secondary N) is 3. The molecule has 2 aromatic rings. The van der Waals surface area contributed by atoms with Crippen LogP contribution in [0.15, 0.2) is 27.3 Å². The first kappa shape index (κ1) is 17.1. The van der Waals surface area contributed by atoms with E-state index in [4.69, 9.17) is 5.41 Å². The molecular weight excluding hydrogens is 369 g/mol. The lowest BCUT2D eigenvalue weighted by Crippen LogP contribution is -2.29. The van der Waals surface area contributed by atoms with Gasteiger partial charge in [-0.1, -0.05) is 20.8 Å². The Morgan fingerprint density at radius 1 is 1.30 bits per heavy atom. The zero-order valence-electron chi connectivity index (χ0n) is 12.7. The second kappa shape index (κ2) is 6.45. The van der Waals surface area contributed by atoms with E-state index in [0.29, 0.717) is 5.69 Å². The van der Waals surface area contributed by atoms with Gasteiger partial charge in [0.05, 0.1) is 4.47 Å². The largest absolute Gasteiger partial charge is 0.339 e. The maximum absolute atomic E-state index is 13.2. The molecule has 1 heterocycles. The summed E-state index contributed by atoms with van der Waals surface area (Å²) in [5, 5.41) is 20.5. The third kappa shape index (κ3) is 4.13. The van der Waals surface area contributed by atoms with Crippen molar-refractivity contribution in [3.8, 4) is 0 Å². The summed E-state index contributed by atoms with van der Waals surface area (Å²) in [6.07, 6.45) is 0. The van der Waals surface area contributed by atoms with Crippen molar-refractivity contribution in [2.75, 3.05) is 10.6 Å². The average molecular weight is 384 g/mol. The van der Waals surface area contributed by atoms with Crippen molar-refractivity contribution in [2.24, 2.45) is 5.41 Å². The number of amides is 1. The molecule has 0 atom stereocenters. The molecule has 0 saturated heterocycles. The van der Waals surface area contributed by atoms with Gasteiger partial charge in [0.1, 0.15) is 5.82 Å². The second-order valence-electron chi connectivity index (χ2n) is 5.79. The molecule has 7 nitrogen and oxygen atoms in total. The van der Waals surface area contributed by atoms with Gasteiger partial charge in [-0.05, 0) is 44.4 Å². The molecule has 122 valence electrons. The molecule has 0 fully saturated rings. The van der Waals surface area contributed by atoms with E-state index >= 15 is 0 Å². The van der Waals surface area contributed by atoms with Crippen LogP contribution in [0.25, 0.3) is 0 Å². The highest BCUT2D eigenvalue weighted by Crippen LogP contribution is 2.22. The summed E-state index contributed by atoms with van der Waals surface area (Å²) >= 11 is 3.06. The lowest BCUT2D eigenvalue weighted by atomic mass is 9.96. The number of carbonyl (C=O) groups excluding carboxylic acids is 1. The van der Waals surface area contributed by atoms with Crippen molar-refractivity contribution in [3.05, 3.63) is 34.2 Å². The Morgan fingerprint density at radius 2 is 2.00 bits per heavy atom. The molecule has 2 rings (SSSR count). The molecule has 0 radical (unpaired) electrons. The molecule has 0 spiro atoms. The minimum absolute atomic E-state index is 0.0445. The predicted molar refractivity (Wildman–Crippen MR) is 86.9 cm³/mol. The number of hydrogen-bond donors (Lipinski definition) is 3. The van der Waals surface area contributed by atoms with Crippen LogP contribution in [0.1, 0.15) is 26.5 Å². The Bertz CT molecular complexity index is 754. The topological polar surface area (TPSA) is 104 Å². The third-order valence-corrected chi connectivity index (χ3v) is 3.44. The molecule has 0 bridgehead atoms. The van der Waals surface area contributed by atoms with E-state index in [1.54, 1.807) is 20.8 Å². The monoisotopic (exact) mass is 383 g/mol. The molecule has 0 unspecified atom stereocenters. The fraction of sp³-hybridized carbons (Fsp3) is 0.286. The number of rotatable bonds is 3. The number of aromatic nitrogens is 2. The summed E-state index contributed by atoms with van der Waals surface area (Å²) in [5.74, 6) is -0.798. The number of carbonyl (C=O) groups is 1. The fourth-order valence-electron chi connectivity index (χ4n) is 1.51. The van der Waals surface area contributed by atoms with Crippen LogP contribution in [-0.2, 0) is 4.79 Å². The van der Waals surface area contributed by atoms with Crippen LogP contribution in [0.5, 0.6) is 0 Å². The molecule has 0 aliphatic carbocycles. The van der Waals surface area contributed by atoms with Crippen molar-refractivity contribution < 1.29 is 13.8 Å². The number of halogens is 2. The number of hydrogen-bond acceptors (Lipinski definition) is 5. The molecule has 3 N–H and O–H groups in total. The Labute approximate surface area is 140 Å². The van der Waals surface area contributed by atoms with Crippen molar-refractivity contribution >= 4 is 39.2 Å². The molecule has 1 amide bonds. The molecule has 0 aliphatic heterocycles. The Hall–Kier alpha value is -2.29. The van der Waals surface area contributed by atoms with Gasteiger partial charge in [0.15, 0.2) is 11.5 Å². The highest BCUT2D eigenvalue weighted by Gasteiger charge is 2.25. The van der Waals surface area contributed by atoms with E-state index in [-0.39, 0.29) is 27.7 Å². The summed E-state index contributed by atoms with van der Waals surface area (Å²) in [6.45, 7) is 5.24. The smallest absolute Gasteiger partial charge is 0.231 e. The van der Waals surface area contributed by atoms with Crippen molar-refractivity contribution in [1.82, 2.24) is 10.3 Å². The first-order chi connectivity index (χ1) is 10.7. The van der Waals surface area contributed by atoms with Crippen LogP contribution in [0.2, 0.25) is 0 Å². The zero-order chi connectivity index (χ0) is 17.2. The van der Waals surface area contributed by atoms with E-state index in [2.05, 4.69) is 41.5 Å². The molecule has 1 aromatic carbocycles. The van der Waals surface area contributed by atoms with Gasteiger partial charge in [-0.3, -0.25) is 10.2 Å².